The van der Waals surface area contributed by atoms with Gasteiger partial charge in [-0.2, -0.15) is 18.3 Å². The number of nitrogens with zero attached hydrogens (tertiary/aromatic N) is 2. The number of alkyl halides is 3. The van der Waals surface area contributed by atoms with E-state index in [9.17, 15) is 13.2 Å². The van der Waals surface area contributed by atoms with Gasteiger partial charge >= 0.3 is 6.18 Å². The number of anilines is 1. The normalized spacial score (nSPS) is 10.8. The molecule has 1 aromatic carbocycles. The minimum absolute atomic E-state index is 0.126. The maximum atomic E-state index is 12.5. The van der Waals surface area contributed by atoms with E-state index in [0.717, 1.165) is 5.01 Å². The van der Waals surface area contributed by atoms with Gasteiger partial charge < -0.3 is 10.1 Å². The Morgan fingerprint density at radius 3 is 2.29 bits per heavy atom. The molecule has 0 heterocycles. The van der Waals surface area contributed by atoms with E-state index in [-0.39, 0.29) is 5.11 Å². The van der Waals surface area contributed by atoms with Gasteiger partial charge in [-0.3, -0.25) is 0 Å². The second-order valence-electron chi connectivity index (χ2n) is 4.38. The maximum Gasteiger partial charge on any atom is 0.408 e. The van der Waals surface area contributed by atoms with Crippen LogP contribution in [0.5, 0.6) is 5.75 Å². The number of hydrogen-bond acceptors (Lipinski definition) is 3. The highest BCUT2D eigenvalue weighted by Crippen LogP contribution is 2.19. The Bertz CT molecular complexity index is 510. The minimum Gasteiger partial charge on any atom is -0.497 e. The molecular formula is C13H16F3N3OS. The van der Waals surface area contributed by atoms with Crippen LogP contribution in [0.15, 0.2) is 29.4 Å². The summed E-state index contributed by atoms with van der Waals surface area (Å²) in [5.74, 6) is 0.640. The first-order chi connectivity index (χ1) is 9.71. The van der Waals surface area contributed by atoms with Crippen LogP contribution in [-0.2, 0) is 0 Å². The maximum absolute atomic E-state index is 12.5. The first-order valence-electron chi connectivity index (χ1n) is 6.02. The Morgan fingerprint density at radius 2 is 1.86 bits per heavy atom. The number of nitrogens with one attached hydrogen (secondary N) is 1. The predicted octanol–water partition coefficient (Wildman–Crippen LogP) is 3.65. The zero-order chi connectivity index (χ0) is 16.0. The van der Waals surface area contributed by atoms with E-state index in [0.29, 0.717) is 17.1 Å². The highest BCUT2D eigenvalue weighted by molar-refractivity contribution is 7.80. The lowest BCUT2D eigenvalue weighted by molar-refractivity contribution is -0.137. The number of rotatable bonds is 4. The number of benzene rings is 1. The summed E-state index contributed by atoms with van der Waals surface area (Å²) < 4.78 is 42.6. The molecule has 1 rings (SSSR count). The lowest BCUT2D eigenvalue weighted by atomic mass is 10.3. The first-order valence-corrected chi connectivity index (χ1v) is 6.43. The summed E-state index contributed by atoms with van der Waals surface area (Å²) in [5, 5.41) is 7.10. The molecule has 1 aromatic rings. The highest BCUT2D eigenvalue weighted by Gasteiger charge is 2.32. The highest BCUT2D eigenvalue weighted by atomic mass is 32.1. The van der Waals surface area contributed by atoms with Gasteiger partial charge in [-0.1, -0.05) is 0 Å². The molecule has 0 atom stereocenters. The third-order valence-corrected chi connectivity index (χ3v) is 2.54. The van der Waals surface area contributed by atoms with Crippen molar-refractivity contribution in [3.05, 3.63) is 24.3 Å². The number of methoxy groups -OCH3 is 1. The van der Waals surface area contributed by atoms with Gasteiger partial charge in [0, 0.05) is 11.4 Å². The van der Waals surface area contributed by atoms with Crippen LogP contribution in [0.2, 0.25) is 0 Å². The number of thiocarbonyl (C=S) groups is 1. The molecule has 4 nitrogen and oxygen atoms in total. The number of hydrogen-bond donors (Lipinski definition) is 1. The zero-order valence-corrected chi connectivity index (χ0v) is 12.7. The Morgan fingerprint density at radius 1 is 1.29 bits per heavy atom. The number of halogens is 3. The quantitative estimate of drug-likeness (QED) is 0.522. The summed E-state index contributed by atoms with van der Waals surface area (Å²) >= 11 is 4.98. The fourth-order valence-corrected chi connectivity index (χ4v) is 1.65. The summed E-state index contributed by atoms with van der Waals surface area (Å²) in [6, 6.07) is 6.65. The lowest BCUT2D eigenvalue weighted by Gasteiger charge is -2.22. The second-order valence-corrected chi connectivity index (χ2v) is 4.77. The van der Waals surface area contributed by atoms with Crippen LogP contribution in [0.4, 0.5) is 18.9 Å². The van der Waals surface area contributed by atoms with Gasteiger partial charge in [0.15, 0.2) is 5.11 Å². The van der Waals surface area contributed by atoms with Crippen molar-refractivity contribution >= 4 is 28.7 Å². The first kappa shape index (κ1) is 17.2. The molecule has 0 radical (unpaired) electrons. The Hall–Kier alpha value is -1.83. The van der Waals surface area contributed by atoms with Crippen LogP contribution in [0.1, 0.15) is 13.8 Å². The molecule has 0 fully saturated rings. The fourth-order valence-electron chi connectivity index (χ4n) is 1.43. The van der Waals surface area contributed by atoms with E-state index >= 15 is 0 Å². The van der Waals surface area contributed by atoms with Gasteiger partial charge in [0.1, 0.15) is 12.3 Å². The van der Waals surface area contributed by atoms with Crippen molar-refractivity contribution in [2.24, 2.45) is 5.10 Å². The number of ether oxygens (including phenoxy) is 1. The minimum atomic E-state index is -4.40. The molecule has 0 saturated carbocycles. The van der Waals surface area contributed by atoms with Crippen LogP contribution in [0, 0.1) is 0 Å². The van der Waals surface area contributed by atoms with Gasteiger partial charge in [0.25, 0.3) is 0 Å². The molecular weight excluding hydrogens is 303 g/mol. The molecule has 0 aromatic heterocycles. The summed E-state index contributed by atoms with van der Waals surface area (Å²) in [4.78, 5) is 0. The van der Waals surface area contributed by atoms with E-state index in [4.69, 9.17) is 17.0 Å². The van der Waals surface area contributed by atoms with Crippen LogP contribution in [-0.4, -0.2) is 35.7 Å². The Kier molecular flexibility index (Phi) is 5.95. The van der Waals surface area contributed by atoms with Crippen molar-refractivity contribution in [2.45, 2.75) is 20.0 Å². The van der Waals surface area contributed by atoms with Crippen LogP contribution >= 0.6 is 12.2 Å². The molecule has 0 aliphatic heterocycles. The van der Waals surface area contributed by atoms with Gasteiger partial charge in [0.2, 0.25) is 0 Å². The largest absolute Gasteiger partial charge is 0.497 e. The molecule has 0 amide bonds. The van der Waals surface area contributed by atoms with Gasteiger partial charge in [-0.05, 0) is 50.3 Å². The molecule has 0 aliphatic carbocycles. The smallest absolute Gasteiger partial charge is 0.408 e. The molecule has 0 spiro atoms. The van der Waals surface area contributed by atoms with E-state index in [1.54, 1.807) is 38.1 Å². The predicted molar refractivity (Wildman–Crippen MR) is 80.8 cm³/mol. The lowest BCUT2D eigenvalue weighted by Crippen LogP contribution is -2.38. The molecule has 0 saturated heterocycles. The topological polar surface area (TPSA) is 36.9 Å². The van der Waals surface area contributed by atoms with Crippen molar-refractivity contribution in [2.75, 3.05) is 19.0 Å². The number of hydrazone groups is 1. The molecule has 8 heteroatoms. The molecule has 0 bridgehead atoms. The van der Waals surface area contributed by atoms with Crippen molar-refractivity contribution in [1.29, 1.82) is 0 Å². The van der Waals surface area contributed by atoms with Crippen molar-refractivity contribution in [3.8, 4) is 5.75 Å². The van der Waals surface area contributed by atoms with Crippen LogP contribution in [0.3, 0.4) is 0 Å². The molecule has 116 valence electrons. The standard InChI is InChI=1S/C13H16F3N3OS/c1-9(2)18-19(8-13(14,15)16)12(21)17-10-4-6-11(20-3)7-5-10/h4-7H,8H2,1-3H3,(H,17,21). The van der Waals surface area contributed by atoms with Gasteiger partial charge in [-0.15, -0.1) is 0 Å². The van der Waals surface area contributed by atoms with E-state index in [1.165, 1.54) is 7.11 Å². The van der Waals surface area contributed by atoms with Gasteiger partial charge in [-0.25, -0.2) is 5.01 Å². The van der Waals surface area contributed by atoms with Crippen LogP contribution < -0.4 is 10.1 Å². The van der Waals surface area contributed by atoms with E-state index in [2.05, 4.69) is 10.4 Å². The molecule has 0 unspecified atom stereocenters. The summed E-state index contributed by atoms with van der Waals surface area (Å²) in [6.07, 6.45) is -4.40. The van der Waals surface area contributed by atoms with Crippen molar-refractivity contribution in [3.63, 3.8) is 0 Å². The zero-order valence-electron chi connectivity index (χ0n) is 11.9. The molecule has 1 N–H and O–H groups in total. The third kappa shape index (κ3) is 6.44. The fraction of sp³-hybridized carbons (Fsp3) is 0.385. The van der Waals surface area contributed by atoms with E-state index in [1.807, 2.05) is 0 Å². The molecule has 21 heavy (non-hydrogen) atoms. The van der Waals surface area contributed by atoms with Crippen molar-refractivity contribution < 1.29 is 17.9 Å². The Balaban J connectivity index is 2.82. The Labute approximate surface area is 126 Å². The van der Waals surface area contributed by atoms with Crippen LogP contribution in [0.25, 0.3) is 0 Å². The van der Waals surface area contributed by atoms with Gasteiger partial charge in [0.05, 0.1) is 7.11 Å². The van der Waals surface area contributed by atoms with E-state index < -0.39 is 12.7 Å². The SMILES string of the molecule is COc1ccc(NC(=S)N(CC(F)(F)F)N=C(C)C)cc1. The summed E-state index contributed by atoms with van der Waals surface area (Å²) in [5.41, 5.74) is 1.02. The average Bonchev–Trinajstić information content (AvgIpc) is 2.36. The second kappa shape index (κ2) is 7.26. The summed E-state index contributed by atoms with van der Waals surface area (Å²) in [6.45, 7) is 1.94. The van der Waals surface area contributed by atoms with Crippen molar-refractivity contribution in [1.82, 2.24) is 5.01 Å². The monoisotopic (exact) mass is 319 g/mol. The summed E-state index contributed by atoms with van der Waals surface area (Å²) in [7, 11) is 1.52. The third-order valence-electron chi connectivity index (χ3n) is 2.23. The molecule has 0 aliphatic rings. The average molecular weight is 319 g/mol.